The molecule has 0 heterocycles. The molecule has 0 aliphatic heterocycles. The molecule has 0 aliphatic rings. The van der Waals surface area contributed by atoms with Gasteiger partial charge in [-0.1, -0.05) is 11.6 Å². The molecule has 0 amide bonds. The fourth-order valence-electron chi connectivity index (χ4n) is 0.606. The summed E-state index contributed by atoms with van der Waals surface area (Å²) in [5, 5.41) is 0.734. The van der Waals surface area contributed by atoms with Crippen LogP contribution in [-0.4, -0.2) is 0 Å². The van der Waals surface area contributed by atoms with E-state index in [-0.39, 0.29) is 0 Å². The standard InChI is InChI=1S/C7H6ClIN/c8-6-2-1-5(4-10)3-7(6)9/h2-3H,4,10H2. The van der Waals surface area contributed by atoms with Crippen molar-refractivity contribution in [3.05, 3.63) is 32.4 Å². The Bertz CT molecular complexity index is 237. The van der Waals surface area contributed by atoms with Gasteiger partial charge in [-0.2, -0.15) is 0 Å². The van der Waals surface area contributed by atoms with Crippen LogP contribution in [0.25, 0.3) is 0 Å². The Labute approximate surface area is 78.7 Å². The molecular formula is C7H6ClIN. The van der Waals surface area contributed by atoms with Crippen molar-refractivity contribution < 1.29 is 0 Å². The molecule has 1 aromatic rings. The zero-order valence-electron chi connectivity index (χ0n) is 5.20. The van der Waals surface area contributed by atoms with Gasteiger partial charge >= 0.3 is 0 Å². The SMILES string of the molecule is NCc1[c]cc(Cl)c(I)c1. The Balaban J connectivity index is 3.04. The maximum absolute atomic E-state index is 5.76. The lowest BCUT2D eigenvalue weighted by Gasteiger charge is -1.97. The van der Waals surface area contributed by atoms with Crippen LogP contribution in [0.2, 0.25) is 5.02 Å². The summed E-state index contributed by atoms with van der Waals surface area (Å²) >= 11 is 7.92. The summed E-state index contributed by atoms with van der Waals surface area (Å²) in [6.45, 7) is 0.521. The van der Waals surface area contributed by atoms with Gasteiger partial charge in [-0.25, -0.2) is 0 Å². The second-order valence-corrected chi connectivity index (χ2v) is 3.43. The first-order valence-electron chi connectivity index (χ1n) is 2.79. The van der Waals surface area contributed by atoms with Crippen LogP contribution < -0.4 is 5.73 Å². The minimum absolute atomic E-state index is 0.521. The number of hydrogen-bond acceptors (Lipinski definition) is 1. The normalized spacial score (nSPS) is 9.90. The summed E-state index contributed by atoms with van der Waals surface area (Å²) in [4.78, 5) is 0. The van der Waals surface area contributed by atoms with Gasteiger partial charge in [0.1, 0.15) is 0 Å². The average Bonchev–Trinajstić information content (AvgIpc) is 1.95. The number of nitrogens with two attached hydrogens (primary N) is 1. The lowest BCUT2D eigenvalue weighted by molar-refractivity contribution is 1.07. The summed E-state index contributed by atoms with van der Waals surface area (Å²) in [5.74, 6) is 0. The third-order valence-corrected chi connectivity index (χ3v) is 2.66. The van der Waals surface area contributed by atoms with Crippen molar-refractivity contribution in [1.29, 1.82) is 0 Å². The largest absolute Gasteiger partial charge is 0.326 e. The Morgan fingerprint density at radius 1 is 1.70 bits per heavy atom. The number of halogens is 2. The van der Waals surface area contributed by atoms with Gasteiger partial charge in [0.05, 0.1) is 5.02 Å². The van der Waals surface area contributed by atoms with E-state index in [2.05, 4.69) is 28.7 Å². The van der Waals surface area contributed by atoms with Gasteiger partial charge in [0.15, 0.2) is 0 Å². The maximum atomic E-state index is 5.76. The van der Waals surface area contributed by atoms with E-state index in [1.165, 1.54) is 0 Å². The monoisotopic (exact) mass is 266 g/mol. The first kappa shape index (κ1) is 8.30. The van der Waals surface area contributed by atoms with Crippen LogP contribution in [0.15, 0.2) is 12.1 Å². The van der Waals surface area contributed by atoms with E-state index in [1.807, 2.05) is 6.07 Å². The van der Waals surface area contributed by atoms with Crippen molar-refractivity contribution >= 4 is 34.2 Å². The van der Waals surface area contributed by atoms with Gasteiger partial charge in [0, 0.05) is 10.1 Å². The van der Waals surface area contributed by atoms with Crippen molar-refractivity contribution in [2.45, 2.75) is 6.54 Å². The number of hydrogen-bond donors (Lipinski definition) is 1. The highest BCUT2D eigenvalue weighted by Gasteiger charge is 1.96. The van der Waals surface area contributed by atoms with Gasteiger partial charge in [-0.05, 0) is 46.4 Å². The topological polar surface area (TPSA) is 26.0 Å². The van der Waals surface area contributed by atoms with Crippen LogP contribution in [-0.2, 0) is 6.54 Å². The minimum Gasteiger partial charge on any atom is -0.326 e. The summed E-state index contributed by atoms with van der Waals surface area (Å²) in [5.41, 5.74) is 6.39. The predicted octanol–water partition coefficient (Wildman–Crippen LogP) is 2.20. The quantitative estimate of drug-likeness (QED) is 0.775. The molecule has 1 radical (unpaired) electrons. The smallest absolute Gasteiger partial charge is 0.0545 e. The molecule has 3 heteroatoms. The molecule has 53 valence electrons. The van der Waals surface area contributed by atoms with E-state index < -0.39 is 0 Å². The van der Waals surface area contributed by atoms with Crippen LogP contribution in [0.5, 0.6) is 0 Å². The van der Waals surface area contributed by atoms with Crippen molar-refractivity contribution in [3.8, 4) is 0 Å². The molecule has 0 unspecified atom stereocenters. The molecule has 10 heavy (non-hydrogen) atoms. The molecule has 0 fully saturated rings. The Hall–Kier alpha value is 0.200. The van der Waals surface area contributed by atoms with E-state index in [9.17, 15) is 0 Å². The van der Waals surface area contributed by atoms with E-state index in [1.54, 1.807) is 6.07 Å². The Morgan fingerprint density at radius 3 is 2.90 bits per heavy atom. The van der Waals surface area contributed by atoms with Crippen molar-refractivity contribution in [2.24, 2.45) is 5.73 Å². The third-order valence-electron chi connectivity index (χ3n) is 1.13. The van der Waals surface area contributed by atoms with Crippen LogP contribution >= 0.6 is 34.2 Å². The Kier molecular flexibility index (Phi) is 2.95. The van der Waals surface area contributed by atoms with Crippen molar-refractivity contribution in [2.75, 3.05) is 0 Å². The lowest BCUT2D eigenvalue weighted by atomic mass is 10.2. The highest BCUT2D eigenvalue weighted by atomic mass is 127. The van der Waals surface area contributed by atoms with Gasteiger partial charge in [-0.15, -0.1) is 0 Å². The van der Waals surface area contributed by atoms with Gasteiger partial charge in [0.25, 0.3) is 0 Å². The van der Waals surface area contributed by atoms with Gasteiger partial charge in [0.2, 0.25) is 0 Å². The van der Waals surface area contributed by atoms with Crippen LogP contribution in [0.4, 0.5) is 0 Å². The Morgan fingerprint density at radius 2 is 2.40 bits per heavy atom. The summed E-state index contributed by atoms with van der Waals surface area (Å²) < 4.78 is 1.03. The summed E-state index contributed by atoms with van der Waals surface area (Å²) in [6, 6.07) is 6.64. The van der Waals surface area contributed by atoms with E-state index in [4.69, 9.17) is 17.3 Å². The highest BCUT2D eigenvalue weighted by Crippen LogP contribution is 2.18. The lowest BCUT2D eigenvalue weighted by Crippen LogP contribution is -1.96. The summed E-state index contributed by atoms with van der Waals surface area (Å²) in [7, 11) is 0. The first-order chi connectivity index (χ1) is 4.74. The summed E-state index contributed by atoms with van der Waals surface area (Å²) in [6.07, 6.45) is 0. The second kappa shape index (κ2) is 3.55. The molecule has 1 nitrogen and oxygen atoms in total. The molecule has 0 saturated carbocycles. The molecular weight excluding hydrogens is 260 g/mol. The van der Waals surface area contributed by atoms with Crippen LogP contribution in [0.3, 0.4) is 0 Å². The fourth-order valence-corrected chi connectivity index (χ4v) is 1.25. The highest BCUT2D eigenvalue weighted by molar-refractivity contribution is 14.1. The first-order valence-corrected chi connectivity index (χ1v) is 4.25. The number of rotatable bonds is 1. The second-order valence-electron chi connectivity index (χ2n) is 1.86. The van der Waals surface area contributed by atoms with Crippen molar-refractivity contribution in [3.63, 3.8) is 0 Å². The average molecular weight is 266 g/mol. The third kappa shape index (κ3) is 1.84. The van der Waals surface area contributed by atoms with E-state index >= 15 is 0 Å². The fraction of sp³-hybridized carbons (Fsp3) is 0.143. The molecule has 0 spiro atoms. The molecule has 2 N–H and O–H groups in total. The van der Waals surface area contributed by atoms with Crippen LogP contribution in [0, 0.1) is 9.64 Å². The number of benzene rings is 1. The molecule has 1 rings (SSSR count). The zero-order valence-corrected chi connectivity index (χ0v) is 8.11. The van der Waals surface area contributed by atoms with Crippen LogP contribution in [0.1, 0.15) is 5.56 Å². The van der Waals surface area contributed by atoms with Gasteiger partial charge in [-0.3, -0.25) is 0 Å². The van der Waals surface area contributed by atoms with Gasteiger partial charge < -0.3 is 5.73 Å². The molecule has 0 aromatic heterocycles. The minimum atomic E-state index is 0.521. The molecule has 0 atom stereocenters. The van der Waals surface area contributed by atoms with E-state index in [0.717, 1.165) is 14.2 Å². The zero-order chi connectivity index (χ0) is 7.56. The molecule has 0 saturated heterocycles. The predicted molar refractivity (Wildman–Crippen MR) is 50.9 cm³/mol. The molecule has 0 aliphatic carbocycles. The molecule has 0 bridgehead atoms. The van der Waals surface area contributed by atoms with E-state index in [0.29, 0.717) is 6.54 Å². The molecule has 1 aromatic carbocycles. The van der Waals surface area contributed by atoms with Crippen molar-refractivity contribution in [1.82, 2.24) is 0 Å². The maximum Gasteiger partial charge on any atom is 0.0545 e.